The number of nitrogens with zero attached hydrogens (tertiary/aromatic N) is 5. The van der Waals surface area contributed by atoms with Gasteiger partial charge in [0, 0.05) is 31.1 Å². The maximum Gasteiger partial charge on any atom is 0.307 e. The number of allylic oxidation sites excluding steroid dienone is 4. The topological polar surface area (TPSA) is 140 Å². The van der Waals surface area contributed by atoms with Gasteiger partial charge >= 0.3 is 11.9 Å². The number of rotatable bonds is 11. The Morgan fingerprint density at radius 1 is 1.28 bits per heavy atom. The molecule has 0 radical (unpaired) electrons. The van der Waals surface area contributed by atoms with Crippen LogP contribution in [0.4, 0.5) is 4.39 Å². The van der Waals surface area contributed by atoms with Gasteiger partial charge in [0.1, 0.15) is 5.76 Å². The molecule has 0 fully saturated rings. The van der Waals surface area contributed by atoms with Gasteiger partial charge in [-0.15, -0.1) is 5.10 Å². The molecule has 202 valence electrons. The van der Waals surface area contributed by atoms with Crippen molar-refractivity contribution < 1.29 is 28.6 Å². The smallest absolute Gasteiger partial charge is 0.307 e. The highest BCUT2D eigenvalue weighted by Crippen LogP contribution is 2.36. The number of unbranched alkanes of at least 4 members (excludes halogenated alkanes) is 1. The molecule has 1 atom stereocenters. The Kier molecular flexibility index (Phi) is 8.93. The summed E-state index contributed by atoms with van der Waals surface area (Å²) in [5, 5.41) is 31.0. The van der Waals surface area contributed by atoms with Gasteiger partial charge < -0.3 is 14.6 Å². The molecule has 39 heavy (non-hydrogen) atoms. The number of alkyl halides is 1. The third-order valence-electron chi connectivity index (χ3n) is 5.85. The molecule has 2 aromatic heterocycles. The Morgan fingerprint density at radius 2 is 2.08 bits per heavy atom. The van der Waals surface area contributed by atoms with E-state index in [2.05, 4.69) is 31.2 Å². The Morgan fingerprint density at radius 3 is 2.85 bits per heavy atom. The number of fused-ring (bicyclic) bond motifs is 1. The minimum Gasteiger partial charge on any atom is -0.481 e. The van der Waals surface area contributed by atoms with E-state index in [9.17, 15) is 14.9 Å². The second kappa shape index (κ2) is 12.4. The van der Waals surface area contributed by atoms with Crippen LogP contribution in [0.3, 0.4) is 0 Å². The van der Waals surface area contributed by atoms with Crippen molar-refractivity contribution in [2.45, 2.75) is 50.1 Å². The summed E-state index contributed by atoms with van der Waals surface area (Å²) in [7, 11) is 0. The van der Waals surface area contributed by atoms with Crippen LogP contribution in [0.1, 0.15) is 43.4 Å². The molecule has 1 N–H and O–H groups in total. The summed E-state index contributed by atoms with van der Waals surface area (Å²) in [5.41, 5.74) is 1.12. The molecule has 2 heterocycles. The summed E-state index contributed by atoms with van der Waals surface area (Å²) < 4.78 is 28.5. The number of hydrogen-bond acceptors (Lipinski definition) is 8. The summed E-state index contributed by atoms with van der Waals surface area (Å²) in [4.78, 5) is 21.4. The Hall–Kier alpha value is -3.82. The summed E-state index contributed by atoms with van der Waals surface area (Å²) in [6.45, 7) is -0.231. The standard InChI is InChI=1S/C26H22BrClFN5O5/c27-19-8-7-16(23(29)24(19)39-17-4-3-10-26(28,13-17)14-30)12-20-18-9-11-31-32-25(18)34(33-20)15-38-22(37)6-2-1-5-21(35)36/h3-4,7-11H,1-2,5-6,12-13,15H2,(H,35,36). The van der Waals surface area contributed by atoms with E-state index >= 15 is 4.39 Å². The zero-order valence-electron chi connectivity index (χ0n) is 20.4. The minimum atomic E-state index is -1.26. The normalized spacial score (nSPS) is 16.5. The van der Waals surface area contributed by atoms with Gasteiger partial charge in [-0.2, -0.15) is 15.5 Å². The average Bonchev–Trinajstić information content (AvgIpc) is 3.27. The van der Waals surface area contributed by atoms with Crippen molar-refractivity contribution >= 4 is 50.5 Å². The highest BCUT2D eigenvalue weighted by molar-refractivity contribution is 9.10. The van der Waals surface area contributed by atoms with E-state index in [1.165, 1.54) is 10.9 Å². The average molecular weight is 619 g/mol. The van der Waals surface area contributed by atoms with Crippen molar-refractivity contribution in [1.29, 1.82) is 5.26 Å². The second-order valence-corrected chi connectivity index (χ2v) is 10.3. The van der Waals surface area contributed by atoms with Crippen LogP contribution in [0.5, 0.6) is 5.75 Å². The van der Waals surface area contributed by atoms with Crippen molar-refractivity contribution in [3.63, 3.8) is 0 Å². The Balaban J connectivity index is 1.51. The lowest BCUT2D eigenvalue weighted by Gasteiger charge is -2.21. The van der Waals surface area contributed by atoms with Gasteiger partial charge in [-0.1, -0.05) is 23.7 Å². The fraction of sp³-hybridized carbons (Fsp3) is 0.308. The molecule has 1 aliphatic carbocycles. The fourth-order valence-electron chi connectivity index (χ4n) is 3.90. The van der Waals surface area contributed by atoms with Crippen LogP contribution in [0.15, 0.2) is 52.9 Å². The molecule has 4 rings (SSSR count). The number of aromatic nitrogens is 4. The first kappa shape index (κ1) is 28.2. The molecule has 1 aromatic carbocycles. The maximum atomic E-state index is 15.6. The third-order valence-corrected chi connectivity index (χ3v) is 6.82. The van der Waals surface area contributed by atoms with Crippen LogP contribution in [0, 0.1) is 17.1 Å². The molecule has 0 saturated heterocycles. The first-order chi connectivity index (χ1) is 18.7. The molecule has 0 bridgehead atoms. The number of carboxylic acids is 1. The van der Waals surface area contributed by atoms with Gasteiger partial charge in [0.15, 0.2) is 28.8 Å². The number of aliphatic carboxylic acids is 1. The van der Waals surface area contributed by atoms with Crippen LogP contribution in [-0.2, 0) is 27.5 Å². The lowest BCUT2D eigenvalue weighted by molar-refractivity contribution is -0.148. The summed E-state index contributed by atoms with van der Waals surface area (Å²) in [6, 6.07) is 6.93. The van der Waals surface area contributed by atoms with Gasteiger partial charge in [-0.25, -0.2) is 9.07 Å². The van der Waals surface area contributed by atoms with Crippen molar-refractivity contribution in [2.75, 3.05) is 0 Å². The van der Waals surface area contributed by atoms with Crippen molar-refractivity contribution in [1.82, 2.24) is 20.0 Å². The summed E-state index contributed by atoms with van der Waals surface area (Å²) in [5.74, 6) is -1.75. The number of carbonyl (C=O) groups is 2. The van der Waals surface area contributed by atoms with Gasteiger partial charge in [0.05, 0.1) is 22.4 Å². The van der Waals surface area contributed by atoms with Crippen LogP contribution in [0.25, 0.3) is 11.0 Å². The summed E-state index contributed by atoms with van der Waals surface area (Å²) in [6.07, 6.45) is 7.20. The van der Waals surface area contributed by atoms with E-state index in [1.807, 2.05) is 6.07 Å². The van der Waals surface area contributed by atoms with Crippen molar-refractivity contribution in [3.8, 4) is 11.8 Å². The molecule has 1 aliphatic rings. The third kappa shape index (κ3) is 6.99. The number of nitriles is 1. The summed E-state index contributed by atoms with van der Waals surface area (Å²) >= 11 is 9.56. The van der Waals surface area contributed by atoms with Crippen LogP contribution in [0.2, 0.25) is 0 Å². The highest BCUT2D eigenvalue weighted by atomic mass is 79.9. The molecule has 10 nitrogen and oxygen atoms in total. The quantitative estimate of drug-likeness (QED) is 0.175. The van der Waals surface area contributed by atoms with Crippen LogP contribution >= 0.6 is 27.5 Å². The van der Waals surface area contributed by atoms with Crippen LogP contribution in [-0.4, -0.2) is 41.9 Å². The highest BCUT2D eigenvalue weighted by Gasteiger charge is 2.29. The molecule has 0 amide bonds. The predicted octanol–water partition coefficient (Wildman–Crippen LogP) is 5.19. The predicted molar refractivity (Wildman–Crippen MR) is 141 cm³/mol. The van der Waals surface area contributed by atoms with Crippen molar-refractivity contribution in [3.05, 3.63) is 69.9 Å². The van der Waals surface area contributed by atoms with E-state index in [0.29, 0.717) is 39.8 Å². The Bertz CT molecular complexity index is 1520. The fourth-order valence-corrected chi connectivity index (χ4v) is 4.49. The van der Waals surface area contributed by atoms with E-state index in [-0.39, 0.29) is 43.7 Å². The first-order valence-electron chi connectivity index (χ1n) is 11.9. The molecule has 0 aliphatic heterocycles. The van der Waals surface area contributed by atoms with Gasteiger partial charge in [0.25, 0.3) is 0 Å². The maximum absolute atomic E-state index is 15.6. The Labute approximate surface area is 235 Å². The molecule has 1 unspecified atom stereocenters. The number of ether oxygens (including phenoxy) is 2. The lowest BCUT2D eigenvalue weighted by atomic mass is 10.00. The minimum absolute atomic E-state index is 0.0165. The SMILES string of the molecule is N#CC1(Cl)C=CC=C(Oc2c(Br)ccc(Cc3nn(COC(=O)CCCCC(=O)O)c4nnccc34)c2F)C1. The van der Waals surface area contributed by atoms with E-state index in [1.54, 1.807) is 36.4 Å². The van der Waals surface area contributed by atoms with E-state index in [0.717, 1.165) is 0 Å². The monoisotopic (exact) mass is 617 g/mol. The molecular formula is C26H22BrClFN5O5. The zero-order valence-corrected chi connectivity index (χ0v) is 22.8. The number of benzene rings is 1. The molecule has 0 saturated carbocycles. The number of carbonyl (C=O) groups excluding carboxylic acids is 1. The van der Waals surface area contributed by atoms with Gasteiger partial charge in [-0.05, 0) is 58.6 Å². The number of esters is 1. The van der Waals surface area contributed by atoms with E-state index < -0.39 is 22.6 Å². The van der Waals surface area contributed by atoms with Gasteiger partial charge in [0.2, 0.25) is 0 Å². The van der Waals surface area contributed by atoms with Gasteiger partial charge in [-0.3, -0.25) is 9.59 Å². The molecule has 3 aromatic rings. The number of carboxylic acid groups (broad SMARTS) is 1. The zero-order chi connectivity index (χ0) is 28.0. The molecular weight excluding hydrogens is 597 g/mol. The van der Waals surface area contributed by atoms with Crippen molar-refractivity contribution in [2.24, 2.45) is 0 Å². The number of hydrogen-bond donors (Lipinski definition) is 1. The van der Waals surface area contributed by atoms with Crippen LogP contribution < -0.4 is 4.74 Å². The second-order valence-electron chi connectivity index (χ2n) is 8.73. The first-order valence-corrected chi connectivity index (χ1v) is 13.0. The lowest BCUT2D eigenvalue weighted by Crippen LogP contribution is -2.20. The largest absolute Gasteiger partial charge is 0.481 e. The molecule has 0 spiro atoms. The van der Waals surface area contributed by atoms with E-state index in [4.69, 9.17) is 26.2 Å². The molecule has 13 heteroatoms. The number of halogens is 3.